The first-order chi connectivity index (χ1) is 9.36. The summed E-state index contributed by atoms with van der Waals surface area (Å²) in [6, 6.07) is 3.40. The second kappa shape index (κ2) is 6.03. The number of nitrogens with zero attached hydrogens (tertiary/aromatic N) is 1. The molecule has 0 N–H and O–H groups in total. The Morgan fingerprint density at radius 2 is 2.10 bits per heavy atom. The standard InChI is InChI=1S/C14H20BrNO3S/c1-10-5-4-6-16(9-10)20(17,18)14-8-13(19-3)12(15)7-11(14)2/h7-8,10H,4-6,9H2,1-3H3/t10-/m1/s1. The van der Waals surface area contributed by atoms with Gasteiger partial charge in [0.15, 0.2) is 0 Å². The van der Waals surface area contributed by atoms with Gasteiger partial charge in [-0.05, 0) is 53.2 Å². The van der Waals surface area contributed by atoms with Crippen LogP contribution in [0.1, 0.15) is 25.3 Å². The molecule has 1 aromatic rings. The second-order valence-electron chi connectivity index (χ2n) is 5.36. The maximum absolute atomic E-state index is 12.8. The molecule has 0 spiro atoms. The van der Waals surface area contributed by atoms with Gasteiger partial charge in [-0.1, -0.05) is 6.92 Å². The number of methoxy groups -OCH3 is 1. The van der Waals surface area contributed by atoms with Crippen molar-refractivity contribution in [3.05, 3.63) is 22.2 Å². The minimum absolute atomic E-state index is 0.339. The van der Waals surface area contributed by atoms with Gasteiger partial charge in [-0.2, -0.15) is 4.31 Å². The third-order valence-corrected chi connectivity index (χ3v) is 6.31. The number of aryl methyl sites for hydroxylation is 1. The van der Waals surface area contributed by atoms with Crippen molar-refractivity contribution < 1.29 is 13.2 Å². The molecule has 0 bridgehead atoms. The molecule has 2 rings (SSSR count). The second-order valence-corrected chi connectivity index (χ2v) is 8.12. The molecular formula is C14H20BrNO3S. The van der Waals surface area contributed by atoms with Crippen LogP contribution in [0.4, 0.5) is 0 Å². The third kappa shape index (κ3) is 3.02. The maximum Gasteiger partial charge on any atom is 0.243 e. The van der Waals surface area contributed by atoms with Gasteiger partial charge in [-0.15, -0.1) is 0 Å². The molecule has 4 nitrogen and oxygen atoms in total. The van der Waals surface area contributed by atoms with Crippen LogP contribution in [0.2, 0.25) is 0 Å². The molecule has 20 heavy (non-hydrogen) atoms. The zero-order chi connectivity index (χ0) is 14.9. The molecule has 0 aliphatic carbocycles. The minimum Gasteiger partial charge on any atom is -0.496 e. The fourth-order valence-electron chi connectivity index (χ4n) is 2.57. The molecule has 1 saturated heterocycles. The molecule has 1 atom stereocenters. The SMILES string of the molecule is COc1cc(S(=O)(=O)N2CCC[C@@H](C)C2)c(C)cc1Br. The van der Waals surface area contributed by atoms with Crippen molar-refractivity contribution in [3.63, 3.8) is 0 Å². The van der Waals surface area contributed by atoms with Crippen LogP contribution in [0.5, 0.6) is 5.75 Å². The minimum atomic E-state index is -3.44. The number of hydrogen-bond acceptors (Lipinski definition) is 3. The van der Waals surface area contributed by atoms with E-state index in [9.17, 15) is 8.42 Å². The molecule has 0 amide bonds. The van der Waals surface area contributed by atoms with E-state index in [-0.39, 0.29) is 0 Å². The third-order valence-electron chi connectivity index (χ3n) is 3.69. The van der Waals surface area contributed by atoms with E-state index in [1.54, 1.807) is 16.4 Å². The van der Waals surface area contributed by atoms with Crippen LogP contribution >= 0.6 is 15.9 Å². The van der Waals surface area contributed by atoms with E-state index >= 15 is 0 Å². The van der Waals surface area contributed by atoms with Gasteiger partial charge in [0.05, 0.1) is 16.5 Å². The summed E-state index contributed by atoms with van der Waals surface area (Å²) in [4.78, 5) is 0.339. The Hall–Kier alpha value is -0.590. The van der Waals surface area contributed by atoms with Crippen LogP contribution < -0.4 is 4.74 Å². The van der Waals surface area contributed by atoms with E-state index in [1.165, 1.54) is 7.11 Å². The number of piperidine rings is 1. The Morgan fingerprint density at radius 1 is 1.40 bits per heavy atom. The molecule has 112 valence electrons. The van der Waals surface area contributed by atoms with E-state index in [1.807, 2.05) is 6.92 Å². The lowest BCUT2D eigenvalue weighted by Gasteiger charge is -2.30. The summed E-state index contributed by atoms with van der Waals surface area (Å²) < 4.78 is 33.2. The van der Waals surface area contributed by atoms with E-state index in [0.717, 1.165) is 22.9 Å². The zero-order valence-corrected chi connectivity index (χ0v) is 14.4. The first kappa shape index (κ1) is 15.8. The highest BCUT2D eigenvalue weighted by Crippen LogP contribution is 2.33. The Morgan fingerprint density at radius 3 is 2.70 bits per heavy atom. The van der Waals surface area contributed by atoms with E-state index < -0.39 is 10.0 Å². The molecule has 0 radical (unpaired) electrons. The summed E-state index contributed by atoms with van der Waals surface area (Å²) in [6.07, 6.45) is 2.02. The predicted molar refractivity (Wildman–Crippen MR) is 82.6 cm³/mol. The Kier molecular flexibility index (Phi) is 4.76. The Labute approximate surface area is 129 Å². The van der Waals surface area contributed by atoms with Crippen LogP contribution in [0.3, 0.4) is 0 Å². The number of hydrogen-bond donors (Lipinski definition) is 0. The highest BCUT2D eigenvalue weighted by atomic mass is 79.9. The van der Waals surface area contributed by atoms with Crippen LogP contribution in [-0.4, -0.2) is 32.9 Å². The Bertz CT molecular complexity index is 601. The number of halogens is 1. The van der Waals surface area contributed by atoms with Crippen LogP contribution in [0.25, 0.3) is 0 Å². The van der Waals surface area contributed by atoms with Crippen molar-refractivity contribution in [1.82, 2.24) is 4.31 Å². The van der Waals surface area contributed by atoms with Crippen molar-refractivity contribution in [2.75, 3.05) is 20.2 Å². The fourth-order valence-corrected chi connectivity index (χ4v) is 5.01. The number of rotatable bonds is 3. The summed E-state index contributed by atoms with van der Waals surface area (Å²) in [7, 11) is -1.91. The average Bonchev–Trinajstić information content (AvgIpc) is 2.38. The van der Waals surface area contributed by atoms with Crippen LogP contribution in [-0.2, 0) is 10.0 Å². The maximum atomic E-state index is 12.8. The van der Waals surface area contributed by atoms with Crippen molar-refractivity contribution in [2.45, 2.75) is 31.6 Å². The molecule has 6 heteroatoms. The van der Waals surface area contributed by atoms with E-state index in [4.69, 9.17) is 4.74 Å². The number of benzene rings is 1. The normalized spacial score (nSPS) is 20.9. The number of sulfonamides is 1. The highest BCUT2D eigenvalue weighted by molar-refractivity contribution is 9.10. The van der Waals surface area contributed by atoms with Crippen LogP contribution in [0, 0.1) is 12.8 Å². The average molecular weight is 362 g/mol. The quantitative estimate of drug-likeness (QED) is 0.830. The molecule has 1 aliphatic rings. The van der Waals surface area contributed by atoms with Gasteiger partial charge in [0, 0.05) is 19.2 Å². The summed E-state index contributed by atoms with van der Waals surface area (Å²) in [5.74, 6) is 0.954. The zero-order valence-electron chi connectivity index (χ0n) is 12.0. The van der Waals surface area contributed by atoms with Crippen molar-refractivity contribution in [2.24, 2.45) is 5.92 Å². The summed E-state index contributed by atoms with van der Waals surface area (Å²) in [6.45, 7) is 5.10. The van der Waals surface area contributed by atoms with Gasteiger partial charge < -0.3 is 4.74 Å². The molecular weight excluding hydrogens is 342 g/mol. The van der Waals surface area contributed by atoms with Gasteiger partial charge in [0.1, 0.15) is 5.75 Å². The van der Waals surface area contributed by atoms with Crippen molar-refractivity contribution >= 4 is 26.0 Å². The first-order valence-corrected chi connectivity index (χ1v) is 8.94. The largest absolute Gasteiger partial charge is 0.496 e. The lowest BCUT2D eigenvalue weighted by Crippen LogP contribution is -2.39. The monoisotopic (exact) mass is 361 g/mol. The molecule has 0 saturated carbocycles. The lowest BCUT2D eigenvalue weighted by molar-refractivity contribution is 0.281. The molecule has 1 aliphatic heterocycles. The number of ether oxygens (including phenoxy) is 1. The Balaban J connectivity index is 2.43. The molecule has 0 aromatic heterocycles. The molecule has 1 heterocycles. The molecule has 0 unspecified atom stereocenters. The van der Waals surface area contributed by atoms with E-state index in [0.29, 0.717) is 29.7 Å². The van der Waals surface area contributed by atoms with Gasteiger partial charge in [0.2, 0.25) is 10.0 Å². The van der Waals surface area contributed by atoms with Gasteiger partial charge in [0.25, 0.3) is 0 Å². The lowest BCUT2D eigenvalue weighted by atomic mass is 10.0. The fraction of sp³-hybridized carbons (Fsp3) is 0.571. The van der Waals surface area contributed by atoms with Crippen molar-refractivity contribution in [1.29, 1.82) is 0 Å². The summed E-state index contributed by atoms with van der Waals surface area (Å²) >= 11 is 3.38. The van der Waals surface area contributed by atoms with Gasteiger partial charge >= 0.3 is 0 Å². The van der Waals surface area contributed by atoms with E-state index in [2.05, 4.69) is 22.9 Å². The smallest absolute Gasteiger partial charge is 0.243 e. The predicted octanol–water partition coefficient (Wildman–Crippen LogP) is 3.19. The topological polar surface area (TPSA) is 46.6 Å². The van der Waals surface area contributed by atoms with Gasteiger partial charge in [-0.3, -0.25) is 0 Å². The molecule has 1 aromatic carbocycles. The van der Waals surface area contributed by atoms with Crippen molar-refractivity contribution in [3.8, 4) is 5.75 Å². The van der Waals surface area contributed by atoms with Gasteiger partial charge in [-0.25, -0.2) is 8.42 Å². The summed E-state index contributed by atoms with van der Waals surface area (Å²) in [5, 5.41) is 0. The molecule has 1 fully saturated rings. The highest BCUT2D eigenvalue weighted by Gasteiger charge is 2.30. The first-order valence-electron chi connectivity index (χ1n) is 6.70. The van der Waals surface area contributed by atoms with Crippen LogP contribution in [0.15, 0.2) is 21.5 Å². The summed E-state index contributed by atoms with van der Waals surface area (Å²) in [5.41, 5.74) is 0.732.